The summed E-state index contributed by atoms with van der Waals surface area (Å²) >= 11 is 0. The van der Waals surface area contributed by atoms with E-state index in [1.807, 2.05) is 0 Å². The fourth-order valence-corrected chi connectivity index (χ4v) is 23.1. The summed E-state index contributed by atoms with van der Waals surface area (Å²) in [5, 5.41) is 10.7. The number of hydrogen-bond acceptors (Lipinski definition) is 0. The van der Waals surface area contributed by atoms with Crippen LogP contribution < -0.4 is 0 Å². The molecule has 0 N–H and O–H groups in total. The molecule has 18 rings (SSSR count). The number of rotatable bonds is 6. The van der Waals surface area contributed by atoms with Gasteiger partial charge in [-0.15, -0.1) is 0 Å². The lowest BCUT2D eigenvalue weighted by Crippen LogP contribution is -2.13. The Balaban J connectivity index is 1.14. The van der Waals surface area contributed by atoms with Crippen LogP contribution in [-0.2, 0) is 32.5 Å². The molecule has 0 aliphatic heterocycles. The Morgan fingerprint density at radius 1 is 0.186 bits per heavy atom. The summed E-state index contributed by atoms with van der Waals surface area (Å²) in [7, 11) is -2.47. The molecule has 6 aromatic heterocycles. The lowest BCUT2D eigenvalue weighted by Gasteiger charge is -2.31. The number of fused-ring (bicyclic) bond motifs is 3. The number of nitrogens with zero attached hydrogens (tertiary/aromatic N) is 6. The first kappa shape index (κ1) is 64.4. The van der Waals surface area contributed by atoms with Gasteiger partial charge in [0.1, 0.15) is 0 Å². The fourth-order valence-electron chi connectivity index (χ4n) is 16.9. The molecule has 0 radical (unpaired) electrons. The summed E-state index contributed by atoms with van der Waals surface area (Å²) in [6.07, 6.45) is 0. The molecule has 12 aromatic carbocycles. The van der Waals surface area contributed by atoms with Gasteiger partial charge in [-0.05, 0) is 199 Å². The minimum absolute atomic E-state index is 0.00223. The van der Waals surface area contributed by atoms with Crippen molar-refractivity contribution >= 4 is 122 Å². The van der Waals surface area contributed by atoms with Crippen molar-refractivity contribution < 1.29 is 0 Å². The third kappa shape index (κ3) is 9.57. The molecule has 0 saturated carbocycles. The van der Waals surface area contributed by atoms with Crippen molar-refractivity contribution in [3.05, 3.63) is 264 Å². The molecular formula is C94H92N6P2. The quantitative estimate of drug-likeness (QED) is 0.117. The highest BCUT2D eigenvalue weighted by atomic mass is 31.1. The molecule has 0 fully saturated rings. The Labute approximate surface area is 601 Å². The monoisotopic (exact) mass is 1370 g/mol. The van der Waals surface area contributed by atoms with Crippen LogP contribution in [0.15, 0.2) is 231 Å². The van der Waals surface area contributed by atoms with Crippen molar-refractivity contribution in [3.8, 4) is 34.1 Å². The summed E-state index contributed by atoms with van der Waals surface area (Å²) in [5.74, 6) is 0. The van der Waals surface area contributed by atoms with E-state index in [0.29, 0.717) is 0 Å². The van der Waals surface area contributed by atoms with Gasteiger partial charge in [-0.3, -0.25) is 0 Å². The van der Waals surface area contributed by atoms with Gasteiger partial charge in [-0.25, -0.2) is 0 Å². The van der Waals surface area contributed by atoms with E-state index in [9.17, 15) is 0 Å². The van der Waals surface area contributed by atoms with Gasteiger partial charge in [0.05, 0.1) is 66.2 Å². The predicted octanol–water partition coefficient (Wildman–Crippen LogP) is 27.5. The van der Waals surface area contributed by atoms with E-state index < -0.39 is 14.7 Å². The average molecular weight is 1370 g/mol. The van der Waals surface area contributed by atoms with Crippen LogP contribution in [0.25, 0.3) is 142 Å². The van der Waals surface area contributed by atoms with Crippen LogP contribution in [0.2, 0.25) is 0 Å². The second-order valence-corrected chi connectivity index (χ2v) is 39.3. The maximum Gasteiger partial charge on any atom is 0.0678 e. The molecule has 0 aliphatic rings. The maximum atomic E-state index is 2.72. The molecule has 8 heteroatoms. The molecule has 0 amide bonds. The number of hydrogen-bond donors (Lipinski definition) is 0. The molecule has 508 valence electrons. The van der Waals surface area contributed by atoms with Crippen molar-refractivity contribution in [2.24, 2.45) is 0 Å². The van der Waals surface area contributed by atoms with Crippen LogP contribution in [0.1, 0.15) is 158 Å². The fraction of sp³-hybridized carbons (Fsp3) is 0.255. The van der Waals surface area contributed by atoms with Crippen LogP contribution in [0.3, 0.4) is 0 Å². The van der Waals surface area contributed by atoms with E-state index in [2.05, 4.69) is 383 Å². The SMILES string of the molecule is CC(C)(C)c1ccc(-n2c3cccc4c3p3c5c2cccc5n(-c2ccc(C(C)(C)C)cc2)c2c5cc6c7c(c5cc(c23)n4-c2ccc(C(C)(C)C)cc2)n(-c2ccc(C(C)(C)C)cc2)c2cccc3c2p7c2c(cccc2n6-c2ccc(C(C)(C)C)cc2)n3-c2ccc(C(C)(C)C)cc2)cc1. The molecule has 0 aliphatic carbocycles. The van der Waals surface area contributed by atoms with E-state index in [1.54, 1.807) is 0 Å². The highest BCUT2D eigenvalue weighted by Gasteiger charge is 2.33. The summed E-state index contributed by atoms with van der Waals surface area (Å²) in [5.41, 5.74) is 29.3. The second-order valence-electron chi connectivity index (χ2n) is 35.3. The highest BCUT2D eigenvalue weighted by Crippen LogP contribution is 2.62. The van der Waals surface area contributed by atoms with Gasteiger partial charge < -0.3 is 27.4 Å². The van der Waals surface area contributed by atoms with E-state index in [4.69, 9.17) is 0 Å². The molecule has 2 atom stereocenters. The molecule has 0 saturated heterocycles. The van der Waals surface area contributed by atoms with Crippen LogP contribution in [0.5, 0.6) is 0 Å². The smallest absolute Gasteiger partial charge is 0.0678 e. The van der Waals surface area contributed by atoms with Crippen molar-refractivity contribution in [2.75, 3.05) is 0 Å². The third-order valence-corrected chi connectivity index (χ3v) is 27.8. The normalized spacial score (nSPS) is 13.7. The van der Waals surface area contributed by atoms with Crippen LogP contribution >= 0.6 is 14.7 Å². The average Bonchev–Trinajstić information content (AvgIpc) is 0.664. The highest BCUT2D eigenvalue weighted by molar-refractivity contribution is 7.64. The molecule has 0 bridgehead atoms. The zero-order valence-corrected chi connectivity index (χ0v) is 64.3. The maximum absolute atomic E-state index is 2.72. The van der Waals surface area contributed by atoms with Crippen molar-refractivity contribution in [3.63, 3.8) is 0 Å². The molecule has 102 heavy (non-hydrogen) atoms. The lowest BCUT2D eigenvalue weighted by molar-refractivity contribution is 0.590. The van der Waals surface area contributed by atoms with E-state index in [-0.39, 0.29) is 32.5 Å². The Bertz CT molecular complexity index is 6000. The van der Waals surface area contributed by atoms with Gasteiger partial charge in [-0.1, -0.05) is 236 Å². The van der Waals surface area contributed by atoms with Gasteiger partial charge in [0, 0.05) is 75.6 Å². The Morgan fingerprint density at radius 3 is 0.539 bits per heavy atom. The van der Waals surface area contributed by atoms with E-state index in [0.717, 1.165) is 34.1 Å². The molecule has 6 heterocycles. The Kier molecular flexibility index (Phi) is 13.8. The van der Waals surface area contributed by atoms with Crippen molar-refractivity contribution in [1.82, 2.24) is 27.4 Å². The third-order valence-electron chi connectivity index (χ3n) is 22.4. The molecule has 6 nitrogen and oxygen atoms in total. The summed E-state index contributed by atoms with van der Waals surface area (Å²) in [6.45, 7) is 41.9. The zero-order chi connectivity index (χ0) is 71.0. The topological polar surface area (TPSA) is 29.6 Å². The van der Waals surface area contributed by atoms with Gasteiger partial charge in [-0.2, -0.15) is 0 Å². The van der Waals surface area contributed by atoms with Gasteiger partial charge in [0.15, 0.2) is 0 Å². The van der Waals surface area contributed by atoms with Crippen molar-refractivity contribution in [1.29, 1.82) is 0 Å². The first-order valence-electron chi connectivity index (χ1n) is 36.7. The molecule has 18 aromatic rings. The second kappa shape index (κ2) is 21.9. The first-order valence-corrected chi connectivity index (χ1v) is 39.4. The minimum atomic E-state index is -1.23. The molecule has 0 spiro atoms. The van der Waals surface area contributed by atoms with Crippen molar-refractivity contribution in [2.45, 2.75) is 157 Å². The largest absolute Gasteiger partial charge is 0.308 e. The number of benzene rings is 12. The van der Waals surface area contributed by atoms with E-state index >= 15 is 0 Å². The minimum Gasteiger partial charge on any atom is -0.308 e. The summed E-state index contributed by atoms with van der Waals surface area (Å²) < 4.78 is 16.0. The molecular weight excluding hydrogens is 1280 g/mol. The number of aromatic nitrogens is 6. The summed E-state index contributed by atoms with van der Waals surface area (Å²) in [4.78, 5) is 0. The van der Waals surface area contributed by atoms with E-state index in [1.165, 1.54) is 141 Å². The van der Waals surface area contributed by atoms with Crippen LogP contribution in [0.4, 0.5) is 0 Å². The van der Waals surface area contributed by atoms with Crippen LogP contribution in [-0.4, -0.2) is 27.4 Å². The van der Waals surface area contributed by atoms with Gasteiger partial charge >= 0.3 is 0 Å². The Hall–Kier alpha value is -9.70. The predicted molar refractivity (Wildman–Crippen MR) is 444 cm³/mol. The van der Waals surface area contributed by atoms with Gasteiger partial charge in [0.25, 0.3) is 0 Å². The molecule has 2 unspecified atom stereocenters. The first-order chi connectivity index (χ1) is 48.4. The summed E-state index contributed by atoms with van der Waals surface area (Å²) in [6, 6.07) is 91.5. The zero-order valence-electron chi connectivity index (χ0n) is 62.5. The lowest BCUT2D eigenvalue weighted by atomic mass is 9.87. The standard InChI is InChI=1S/C94H92N6P2/c1-89(2,3)57-31-43-63(44-32-57)95-71-23-19-27-75-83(71)101-85-73(95)25-21-29-77(85)99(67-51-39-61(40-52-67)93(13,14)15)81-69-56-80-88-82(70(69)55-79(87(81)101)97(75)65-47-35-59(36-48-65)91(7,8)9)100(68-53-41-62(42-54-68)94(16,17)18)78-30-22-26-74-86(78)102(88)84-72(96(74)64-45-33-58(34-46-64)90(4,5)6)24-20-28-76(84)98(80)66-49-37-60(38-50-66)92(10,11)12/h19-56H,1-18H3. The van der Waals surface area contributed by atoms with Gasteiger partial charge in [0.2, 0.25) is 0 Å². The Morgan fingerprint density at radius 2 is 0.353 bits per heavy atom. The van der Waals surface area contributed by atoms with Crippen LogP contribution in [0, 0.1) is 0 Å².